The fourth-order valence-corrected chi connectivity index (χ4v) is 4.19. The van der Waals surface area contributed by atoms with E-state index in [1.165, 1.54) is 55.2 Å². The molecular formula is C27H46O2. The Morgan fingerprint density at radius 1 is 0.793 bits per heavy atom. The summed E-state index contributed by atoms with van der Waals surface area (Å²) < 4.78 is 5.18. The predicted octanol–water partition coefficient (Wildman–Crippen LogP) is 7.82. The molecule has 0 N–H and O–H groups in total. The van der Waals surface area contributed by atoms with Crippen LogP contribution in [0.25, 0.3) is 0 Å². The van der Waals surface area contributed by atoms with Crippen LogP contribution in [0.3, 0.4) is 0 Å². The molecule has 0 fully saturated rings. The number of unbranched alkanes of at least 4 members (excludes halogenated alkanes) is 4. The molecule has 2 heteroatoms. The van der Waals surface area contributed by atoms with Crippen molar-refractivity contribution in [3.8, 4) is 0 Å². The van der Waals surface area contributed by atoms with Crippen molar-refractivity contribution in [3.63, 3.8) is 0 Å². The van der Waals surface area contributed by atoms with E-state index in [2.05, 4.69) is 47.6 Å². The van der Waals surface area contributed by atoms with Crippen molar-refractivity contribution in [1.82, 2.24) is 0 Å². The van der Waals surface area contributed by atoms with Gasteiger partial charge in [-0.1, -0.05) is 46.1 Å². The van der Waals surface area contributed by atoms with E-state index in [9.17, 15) is 4.79 Å². The van der Waals surface area contributed by atoms with Gasteiger partial charge in [-0.15, -0.1) is 0 Å². The van der Waals surface area contributed by atoms with Gasteiger partial charge in [0.1, 0.15) is 5.60 Å². The quantitative estimate of drug-likeness (QED) is 0.248. The van der Waals surface area contributed by atoms with Crippen LogP contribution in [-0.4, -0.2) is 12.1 Å². The van der Waals surface area contributed by atoms with Gasteiger partial charge < -0.3 is 4.74 Å². The van der Waals surface area contributed by atoms with Crippen LogP contribution < -0.4 is 0 Å². The number of benzene rings is 1. The standard InChI is InChI=1S/C27H46O2/c1-21-19-24(15-11-9-10-13-17-26(4,5)6)23(3)25(22(21)2)16-12-14-18-27(7,8)29-20-28/h19-20H,9-18H2,1-8H3. The summed E-state index contributed by atoms with van der Waals surface area (Å²) in [6.07, 6.45) is 12.1. The second-order valence-electron chi connectivity index (χ2n) is 10.7. The van der Waals surface area contributed by atoms with Crippen LogP contribution in [0.5, 0.6) is 0 Å². The highest BCUT2D eigenvalue weighted by molar-refractivity contribution is 5.44. The zero-order valence-corrected chi connectivity index (χ0v) is 20.5. The number of carbonyl (C=O) groups excluding carboxylic acids is 1. The molecule has 0 radical (unpaired) electrons. The van der Waals surface area contributed by atoms with Crippen LogP contribution in [0.15, 0.2) is 6.07 Å². The molecule has 0 aliphatic heterocycles. The van der Waals surface area contributed by atoms with E-state index in [1.807, 2.05) is 13.8 Å². The first-order valence-corrected chi connectivity index (χ1v) is 11.7. The van der Waals surface area contributed by atoms with Crippen LogP contribution in [-0.2, 0) is 22.4 Å². The molecule has 0 aliphatic rings. The topological polar surface area (TPSA) is 26.3 Å². The first kappa shape index (κ1) is 25.7. The second kappa shape index (κ2) is 11.8. The third-order valence-corrected chi connectivity index (χ3v) is 6.31. The van der Waals surface area contributed by atoms with Crippen molar-refractivity contribution in [2.24, 2.45) is 5.41 Å². The number of ether oxygens (including phenoxy) is 1. The summed E-state index contributed by atoms with van der Waals surface area (Å²) in [4.78, 5) is 10.6. The lowest BCUT2D eigenvalue weighted by Gasteiger charge is -2.22. The van der Waals surface area contributed by atoms with Crippen molar-refractivity contribution in [3.05, 3.63) is 33.9 Å². The Morgan fingerprint density at radius 2 is 1.38 bits per heavy atom. The van der Waals surface area contributed by atoms with Crippen LogP contribution in [0.1, 0.15) is 114 Å². The van der Waals surface area contributed by atoms with Gasteiger partial charge in [-0.3, -0.25) is 4.79 Å². The predicted molar refractivity (Wildman–Crippen MR) is 126 cm³/mol. The maximum absolute atomic E-state index is 10.6. The highest BCUT2D eigenvalue weighted by Crippen LogP contribution is 2.27. The zero-order chi connectivity index (χ0) is 22.1. The van der Waals surface area contributed by atoms with Crippen molar-refractivity contribution >= 4 is 6.47 Å². The van der Waals surface area contributed by atoms with Crippen molar-refractivity contribution in [1.29, 1.82) is 0 Å². The zero-order valence-electron chi connectivity index (χ0n) is 20.5. The SMILES string of the molecule is Cc1cc(CCCCCCC(C)(C)C)c(C)c(CCCCC(C)(C)OC=O)c1C. The summed E-state index contributed by atoms with van der Waals surface area (Å²) in [5, 5.41) is 0. The Balaban J connectivity index is 2.57. The smallest absolute Gasteiger partial charge is 0.293 e. The summed E-state index contributed by atoms with van der Waals surface area (Å²) >= 11 is 0. The molecule has 29 heavy (non-hydrogen) atoms. The molecule has 166 valence electrons. The van der Waals surface area contributed by atoms with E-state index in [-0.39, 0.29) is 5.60 Å². The van der Waals surface area contributed by atoms with Crippen LogP contribution >= 0.6 is 0 Å². The summed E-state index contributed by atoms with van der Waals surface area (Å²) in [5.74, 6) is 0. The van der Waals surface area contributed by atoms with Gasteiger partial charge in [-0.05, 0) is 113 Å². The third kappa shape index (κ3) is 9.83. The number of aryl methyl sites for hydroxylation is 2. The van der Waals surface area contributed by atoms with Crippen LogP contribution in [0.4, 0.5) is 0 Å². The first-order chi connectivity index (χ1) is 13.5. The van der Waals surface area contributed by atoms with Gasteiger partial charge in [0, 0.05) is 0 Å². The Bertz CT molecular complexity index is 635. The lowest BCUT2D eigenvalue weighted by Crippen LogP contribution is -2.23. The van der Waals surface area contributed by atoms with Gasteiger partial charge in [0.2, 0.25) is 0 Å². The Kier molecular flexibility index (Phi) is 10.4. The molecule has 0 bridgehead atoms. The van der Waals surface area contributed by atoms with Crippen molar-refractivity contribution in [2.75, 3.05) is 0 Å². The molecule has 1 rings (SSSR count). The summed E-state index contributed by atoms with van der Waals surface area (Å²) in [5.41, 5.74) is 7.60. The molecule has 1 aromatic carbocycles. The summed E-state index contributed by atoms with van der Waals surface area (Å²) in [6.45, 7) is 18.4. The summed E-state index contributed by atoms with van der Waals surface area (Å²) in [6, 6.07) is 2.42. The lowest BCUT2D eigenvalue weighted by atomic mass is 9.87. The van der Waals surface area contributed by atoms with Gasteiger partial charge in [0.25, 0.3) is 6.47 Å². The van der Waals surface area contributed by atoms with Gasteiger partial charge in [0.15, 0.2) is 0 Å². The van der Waals surface area contributed by atoms with Gasteiger partial charge >= 0.3 is 0 Å². The number of carbonyl (C=O) groups is 1. The number of rotatable bonds is 13. The fraction of sp³-hybridized carbons (Fsp3) is 0.741. The van der Waals surface area contributed by atoms with Crippen LogP contribution in [0.2, 0.25) is 0 Å². The molecule has 0 amide bonds. The summed E-state index contributed by atoms with van der Waals surface area (Å²) in [7, 11) is 0. The normalized spacial score (nSPS) is 12.3. The molecule has 0 atom stereocenters. The minimum atomic E-state index is -0.351. The van der Waals surface area contributed by atoms with E-state index in [4.69, 9.17) is 4.74 Å². The van der Waals surface area contributed by atoms with E-state index in [0.29, 0.717) is 11.9 Å². The Morgan fingerprint density at radius 3 is 2.00 bits per heavy atom. The second-order valence-corrected chi connectivity index (χ2v) is 10.7. The highest BCUT2D eigenvalue weighted by Gasteiger charge is 2.18. The van der Waals surface area contributed by atoms with Gasteiger partial charge in [-0.25, -0.2) is 0 Å². The van der Waals surface area contributed by atoms with Crippen molar-refractivity contribution in [2.45, 2.75) is 125 Å². The maximum Gasteiger partial charge on any atom is 0.293 e. The average Bonchev–Trinajstić information content (AvgIpc) is 2.60. The molecule has 2 nitrogen and oxygen atoms in total. The molecular weight excluding hydrogens is 356 g/mol. The molecule has 0 saturated carbocycles. The number of hydrogen-bond acceptors (Lipinski definition) is 2. The van der Waals surface area contributed by atoms with E-state index in [1.54, 1.807) is 11.1 Å². The molecule has 0 saturated heterocycles. The van der Waals surface area contributed by atoms with E-state index in [0.717, 1.165) is 25.7 Å². The highest BCUT2D eigenvalue weighted by atomic mass is 16.5. The van der Waals surface area contributed by atoms with Gasteiger partial charge in [-0.2, -0.15) is 0 Å². The fourth-order valence-electron chi connectivity index (χ4n) is 4.19. The van der Waals surface area contributed by atoms with E-state index < -0.39 is 0 Å². The average molecular weight is 403 g/mol. The first-order valence-electron chi connectivity index (χ1n) is 11.7. The van der Waals surface area contributed by atoms with E-state index >= 15 is 0 Å². The lowest BCUT2D eigenvalue weighted by molar-refractivity contribution is -0.140. The number of hydrogen-bond donors (Lipinski definition) is 0. The molecule has 0 heterocycles. The van der Waals surface area contributed by atoms with Crippen LogP contribution in [0, 0.1) is 26.2 Å². The molecule has 0 spiro atoms. The minimum absolute atomic E-state index is 0.351. The molecule has 1 aromatic rings. The monoisotopic (exact) mass is 402 g/mol. The third-order valence-electron chi connectivity index (χ3n) is 6.31. The molecule has 0 unspecified atom stereocenters. The van der Waals surface area contributed by atoms with Crippen molar-refractivity contribution < 1.29 is 9.53 Å². The molecule has 0 aliphatic carbocycles. The maximum atomic E-state index is 10.6. The largest absolute Gasteiger partial charge is 0.462 e. The Hall–Kier alpha value is -1.31. The molecule has 0 aromatic heterocycles. The minimum Gasteiger partial charge on any atom is -0.462 e. The van der Waals surface area contributed by atoms with Gasteiger partial charge in [0.05, 0.1) is 0 Å². The Labute approximate surface area is 180 Å².